The molecule has 1 aliphatic heterocycles. The normalized spacial score (nSPS) is 14.7. The van der Waals surface area contributed by atoms with Gasteiger partial charge in [0.25, 0.3) is 0 Å². The first-order chi connectivity index (χ1) is 10.1. The van der Waals surface area contributed by atoms with Crippen molar-refractivity contribution in [1.82, 2.24) is 4.90 Å². The average molecular weight is 366 g/mol. The van der Waals surface area contributed by atoms with Crippen LogP contribution in [0.2, 0.25) is 0 Å². The first-order valence-electron chi connectivity index (χ1n) is 6.37. The minimum absolute atomic E-state index is 0.00417. The van der Waals surface area contributed by atoms with Crippen LogP contribution in [-0.4, -0.2) is 35.0 Å². The zero-order chi connectivity index (χ0) is 14.8. The van der Waals surface area contributed by atoms with E-state index in [9.17, 15) is 9.59 Å². The van der Waals surface area contributed by atoms with Gasteiger partial charge in [0, 0.05) is 4.47 Å². The fraction of sp³-hybridized carbons (Fsp3) is 0.200. The molecule has 0 unspecified atom stereocenters. The van der Waals surface area contributed by atoms with Crippen LogP contribution in [0.1, 0.15) is 0 Å². The van der Waals surface area contributed by atoms with Gasteiger partial charge in [-0.1, -0.05) is 28.1 Å². The summed E-state index contributed by atoms with van der Waals surface area (Å²) < 4.78 is 6.31. The fourth-order valence-electron chi connectivity index (χ4n) is 2.12. The minimum atomic E-state index is -0.415. The van der Waals surface area contributed by atoms with Gasteiger partial charge < -0.3 is 9.64 Å². The van der Waals surface area contributed by atoms with Crippen molar-refractivity contribution in [2.75, 3.05) is 18.2 Å². The maximum atomic E-state index is 11.9. The number of nitrogens with zero attached hydrogens (tertiary/aromatic N) is 1. The first-order valence-corrected chi connectivity index (χ1v) is 8.32. The second-order valence-corrected chi connectivity index (χ2v) is 6.57. The summed E-state index contributed by atoms with van der Waals surface area (Å²) in [5, 5.41) is 2.06. The molecule has 6 heteroatoms. The van der Waals surface area contributed by atoms with E-state index in [0.29, 0.717) is 17.4 Å². The Bertz CT molecular complexity index is 719. The maximum Gasteiger partial charge on any atom is 0.331 e. The van der Waals surface area contributed by atoms with Gasteiger partial charge in [0.15, 0.2) is 0 Å². The smallest absolute Gasteiger partial charge is 0.331 e. The molecule has 0 aromatic heterocycles. The molecule has 0 radical (unpaired) electrons. The molecule has 21 heavy (non-hydrogen) atoms. The van der Waals surface area contributed by atoms with E-state index in [-0.39, 0.29) is 12.5 Å². The quantitative estimate of drug-likeness (QED) is 0.619. The molecule has 0 N–H and O–H groups in total. The van der Waals surface area contributed by atoms with E-state index >= 15 is 0 Å². The Hall–Kier alpha value is -1.53. The summed E-state index contributed by atoms with van der Waals surface area (Å²) in [5.74, 6) is 1.06. The lowest BCUT2D eigenvalue weighted by atomic mass is 10.1. The molecule has 0 saturated carbocycles. The van der Waals surface area contributed by atoms with Crippen molar-refractivity contribution in [3.05, 3.63) is 40.9 Å². The van der Waals surface area contributed by atoms with Crippen LogP contribution in [0.3, 0.4) is 0 Å². The Balaban J connectivity index is 1.71. The van der Waals surface area contributed by atoms with Gasteiger partial charge in [-0.25, -0.2) is 4.79 Å². The van der Waals surface area contributed by atoms with E-state index in [1.165, 1.54) is 16.7 Å². The molecule has 108 valence electrons. The van der Waals surface area contributed by atoms with Gasteiger partial charge in [-0.15, -0.1) is 11.8 Å². The van der Waals surface area contributed by atoms with Gasteiger partial charge in [0.1, 0.15) is 12.3 Å². The van der Waals surface area contributed by atoms with Gasteiger partial charge in [-0.05, 0) is 35.0 Å². The summed E-state index contributed by atoms with van der Waals surface area (Å²) in [6, 6.07) is 11.4. The van der Waals surface area contributed by atoms with Gasteiger partial charge in [0.05, 0.1) is 11.6 Å². The lowest BCUT2D eigenvalue weighted by Gasteiger charge is -2.13. The molecule has 0 aliphatic carbocycles. The third-order valence-electron chi connectivity index (χ3n) is 3.15. The number of rotatable bonds is 3. The Morgan fingerprint density at radius 2 is 2.00 bits per heavy atom. The van der Waals surface area contributed by atoms with E-state index in [1.54, 1.807) is 6.07 Å². The van der Waals surface area contributed by atoms with E-state index in [4.69, 9.17) is 4.74 Å². The number of ether oxygens (including phenoxy) is 1. The molecule has 2 aromatic carbocycles. The standard InChI is InChI=1S/C15H12BrNO3S/c16-12-3-1-11-6-13(4-2-10(11)5-12)20-15(19)7-17-9-21-8-14(17)18/h1-6H,7-9H2. The Labute approximate surface area is 134 Å². The Kier molecular flexibility index (Phi) is 4.17. The molecule has 0 bridgehead atoms. The molecule has 0 spiro atoms. The molecule has 0 atom stereocenters. The topological polar surface area (TPSA) is 46.6 Å². The van der Waals surface area contributed by atoms with Crippen LogP contribution in [0.4, 0.5) is 0 Å². The third-order valence-corrected chi connectivity index (χ3v) is 4.59. The first kappa shape index (κ1) is 14.4. The van der Waals surface area contributed by atoms with Crippen LogP contribution in [-0.2, 0) is 9.59 Å². The van der Waals surface area contributed by atoms with Crippen LogP contribution >= 0.6 is 27.7 Å². The van der Waals surface area contributed by atoms with E-state index in [1.807, 2.05) is 30.3 Å². The number of halogens is 1. The highest BCUT2D eigenvalue weighted by molar-refractivity contribution is 9.10. The van der Waals surface area contributed by atoms with Gasteiger partial charge in [-0.3, -0.25) is 4.79 Å². The molecule has 1 heterocycles. The SMILES string of the molecule is O=C(CN1CSCC1=O)Oc1ccc2cc(Br)ccc2c1. The van der Waals surface area contributed by atoms with Crippen LogP contribution in [0.15, 0.2) is 40.9 Å². The number of thioether (sulfide) groups is 1. The van der Waals surface area contributed by atoms with Crippen LogP contribution in [0.5, 0.6) is 5.75 Å². The van der Waals surface area contributed by atoms with Crippen molar-refractivity contribution in [2.45, 2.75) is 0 Å². The van der Waals surface area contributed by atoms with E-state index < -0.39 is 5.97 Å². The summed E-state index contributed by atoms with van der Waals surface area (Å²) >= 11 is 4.93. The molecule has 1 amide bonds. The van der Waals surface area contributed by atoms with Crippen LogP contribution in [0.25, 0.3) is 10.8 Å². The summed E-state index contributed by atoms with van der Waals surface area (Å²) in [5.41, 5.74) is 0. The predicted octanol–water partition coefficient (Wildman–Crippen LogP) is 3.04. The van der Waals surface area contributed by atoms with E-state index in [0.717, 1.165) is 15.2 Å². The second kappa shape index (κ2) is 6.07. The highest BCUT2D eigenvalue weighted by Crippen LogP contribution is 2.24. The van der Waals surface area contributed by atoms with Crippen molar-refractivity contribution in [3.63, 3.8) is 0 Å². The number of carbonyl (C=O) groups is 2. The van der Waals surface area contributed by atoms with Gasteiger partial charge in [-0.2, -0.15) is 0 Å². The average Bonchev–Trinajstić information content (AvgIpc) is 2.84. The molecule has 3 rings (SSSR count). The molecule has 1 aliphatic rings. The Morgan fingerprint density at radius 1 is 1.24 bits per heavy atom. The molecular weight excluding hydrogens is 354 g/mol. The van der Waals surface area contributed by atoms with Gasteiger partial charge >= 0.3 is 5.97 Å². The highest BCUT2D eigenvalue weighted by Gasteiger charge is 2.23. The molecule has 4 nitrogen and oxygen atoms in total. The molecular formula is C15H12BrNO3S. The molecule has 2 aromatic rings. The number of hydrogen-bond donors (Lipinski definition) is 0. The number of hydrogen-bond acceptors (Lipinski definition) is 4. The number of esters is 1. The molecule has 1 saturated heterocycles. The second-order valence-electron chi connectivity index (χ2n) is 4.70. The van der Waals surface area contributed by atoms with Crippen molar-refractivity contribution in [2.24, 2.45) is 0 Å². The number of carbonyl (C=O) groups excluding carboxylic acids is 2. The fourth-order valence-corrected chi connectivity index (χ4v) is 3.40. The maximum absolute atomic E-state index is 11.9. The zero-order valence-corrected chi connectivity index (χ0v) is 13.4. The lowest BCUT2D eigenvalue weighted by Crippen LogP contribution is -2.33. The van der Waals surface area contributed by atoms with Crippen LogP contribution < -0.4 is 4.74 Å². The van der Waals surface area contributed by atoms with Crippen molar-refractivity contribution in [3.8, 4) is 5.75 Å². The highest BCUT2D eigenvalue weighted by atomic mass is 79.9. The van der Waals surface area contributed by atoms with E-state index in [2.05, 4.69) is 15.9 Å². The zero-order valence-electron chi connectivity index (χ0n) is 11.0. The lowest BCUT2D eigenvalue weighted by molar-refractivity contribution is -0.140. The van der Waals surface area contributed by atoms with Crippen molar-refractivity contribution < 1.29 is 14.3 Å². The van der Waals surface area contributed by atoms with Crippen LogP contribution in [0, 0.1) is 0 Å². The number of benzene rings is 2. The monoisotopic (exact) mass is 365 g/mol. The predicted molar refractivity (Wildman–Crippen MR) is 86.3 cm³/mol. The van der Waals surface area contributed by atoms with Crippen molar-refractivity contribution >= 4 is 50.3 Å². The summed E-state index contributed by atoms with van der Waals surface area (Å²) in [4.78, 5) is 24.8. The minimum Gasteiger partial charge on any atom is -0.425 e. The summed E-state index contributed by atoms with van der Waals surface area (Å²) in [7, 11) is 0. The largest absolute Gasteiger partial charge is 0.425 e. The van der Waals surface area contributed by atoms with Gasteiger partial charge in [0.2, 0.25) is 5.91 Å². The Morgan fingerprint density at radius 3 is 2.76 bits per heavy atom. The summed E-state index contributed by atoms with van der Waals surface area (Å²) in [6.07, 6.45) is 0. The third kappa shape index (κ3) is 3.39. The number of amides is 1. The summed E-state index contributed by atoms with van der Waals surface area (Å²) in [6.45, 7) is 0.00417. The molecule has 1 fully saturated rings. The van der Waals surface area contributed by atoms with Crippen molar-refractivity contribution in [1.29, 1.82) is 0 Å². The number of fused-ring (bicyclic) bond motifs is 1.